The molecule has 0 fully saturated rings. The summed E-state index contributed by atoms with van der Waals surface area (Å²) < 4.78 is 8.60. The van der Waals surface area contributed by atoms with Crippen LogP contribution < -0.4 is 10.6 Å². The molecule has 0 unspecified atom stereocenters. The van der Waals surface area contributed by atoms with Gasteiger partial charge in [0.05, 0.1) is 29.3 Å². The third-order valence-corrected chi connectivity index (χ3v) is 6.96. The van der Waals surface area contributed by atoms with E-state index < -0.39 is 0 Å². The van der Waals surface area contributed by atoms with Gasteiger partial charge in [0.1, 0.15) is 19.3 Å². The first-order valence-electron chi connectivity index (χ1n) is 13.4. The second-order valence-corrected chi connectivity index (χ2v) is 10.0. The van der Waals surface area contributed by atoms with E-state index in [1.807, 2.05) is 41.6 Å². The number of quaternary nitrogens is 1. The Morgan fingerprint density at radius 2 is 2.00 bits per heavy atom. The van der Waals surface area contributed by atoms with E-state index in [0.29, 0.717) is 18.4 Å². The number of ether oxygens (including phenoxy) is 1. The van der Waals surface area contributed by atoms with E-state index in [9.17, 15) is 4.79 Å². The van der Waals surface area contributed by atoms with Crippen LogP contribution in [0.1, 0.15) is 16.8 Å². The first kappa shape index (κ1) is 27.9. The molecule has 0 atom stereocenters. The van der Waals surface area contributed by atoms with Crippen molar-refractivity contribution in [3.63, 3.8) is 0 Å². The van der Waals surface area contributed by atoms with Crippen molar-refractivity contribution in [1.82, 2.24) is 34.4 Å². The number of nitrogens with one attached hydrogen (secondary N) is 2. The molecule has 1 amide bonds. The third kappa shape index (κ3) is 6.08. The van der Waals surface area contributed by atoms with Crippen LogP contribution in [0.4, 0.5) is 11.8 Å². The number of hydrogen-bond donors (Lipinski definition) is 3. The number of nitrogens with zero attached hydrogens (tertiary/aromatic N) is 7. The molecule has 1 aliphatic rings. The summed E-state index contributed by atoms with van der Waals surface area (Å²) in [6.07, 6.45) is 8.56. The van der Waals surface area contributed by atoms with Crippen molar-refractivity contribution in [1.29, 1.82) is 5.41 Å². The molecule has 41 heavy (non-hydrogen) atoms. The number of rotatable bonds is 11. The molecule has 1 aliphatic carbocycles. The Morgan fingerprint density at radius 3 is 2.73 bits per heavy atom. The molecule has 212 valence electrons. The van der Waals surface area contributed by atoms with Crippen molar-refractivity contribution in [2.45, 2.75) is 19.4 Å². The minimum atomic E-state index is -0.0418. The molecule has 4 aromatic rings. The lowest BCUT2D eigenvalue weighted by molar-refractivity contribution is -0.588. The number of anilines is 2. The summed E-state index contributed by atoms with van der Waals surface area (Å²) in [5.74, 6) is 0.945. The SMILES string of the molecule is COCC[NH2+]C=C(C=N)c1ccc(-c2c3c(nn2C)CCc2cnc(Nc4ccn(CC(=O)N(C)C)n4)nc2-3)cc1. The Labute approximate surface area is 238 Å². The second-order valence-electron chi connectivity index (χ2n) is 10.0. The summed E-state index contributed by atoms with van der Waals surface area (Å²) in [5.41, 5.74) is 7.73. The molecule has 5 rings (SSSR count). The lowest BCUT2D eigenvalue weighted by Gasteiger charge is -2.17. The van der Waals surface area contributed by atoms with Gasteiger partial charge in [-0.1, -0.05) is 24.3 Å². The monoisotopic (exact) mass is 555 g/mol. The average Bonchev–Trinajstić information content (AvgIpc) is 3.56. The number of likely N-dealkylation sites (N-methyl/N-ethyl adjacent to an activating group) is 1. The molecule has 0 radical (unpaired) electrons. The predicted molar refractivity (Wildman–Crippen MR) is 157 cm³/mol. The fraction of sp³-hybridized carbons (Fsp3) is 0.310. The van der Waals surface area contributed by atoms with Gasteiger partial charge in [0.25, 0.3) is 0 Å². The maximum absolute atomic E-state index is 12.0. The number of carbonyl (C=O) groups is 1. The molecule has 12 heteroatoms. The van der Waals surface area contributed by atoms with Crippen molar-refractivity contribution in [3.8, 4) is 22.5 Å². The van der Waals surface area contributed by atoms with Crippen LogP contribution in [0.3, 0.4) is 0 Å². The highest BCUT2D eigenvalue weighted by Gasteiger charge is 2.27. The number of benzene rings is 1. The average molecular weight is 556 g/mol. The zero-order valence-electron chi connectivity index (χ0n) is 23.8. The first-order valence-corrected chi connectivity index (χ1v) is 13.4. The molecule has 1 aromatic carbocycles. The van der Waals surface area contributed by atoms with Gasteiger partial charge in [-0.2, -0.15) is 10.2 Å². The van der Waals surface area contributed by atoms with Crippen LogP contribution in [0.25, 0.3) is 28.1 Å². The number of aryl methyl sites for hydroxylation is 3. The highest BCUT2D eigenvalue weighted by atomic mass is 16.5. The van der Waals surface area contributed by atoms with Crippen LogP contribution in [0.2, 0.25) is 0 Å². The Morgan fingerprint density at radius 1 is 1.20 bits per heavy atom. The van der Waals surface area contributed by atoms with Crippen LogP contribution in [0.5, 0.6) is 0 Å². The Hall–Kier alpha value is -4.68. The molecule has 3 heterocycles. The Kier molecular flexibility index (Phi) is 8.31. The first-order chi connectivity index (χ1) is 19.9. The molecule has 3 aromatic heterocycles. The molecule has 0 spiro atoms. The number of amides is 1. The van der Waals surface area contributed by atoms with Gasteiger partial charge in [0.15, 0.2) is 5.82 Å². The summed E-state index contributed by atoms with van der Waals surface area (Å²) in [4.78, 5) is 23.0. The molecule has 0 saturated carbocycles. The van der Waals surface area contributed by atoms with E-state index in [-0.39, 0.29) is 12.5 Å². The van der Waals surface area contributed by atoms with Crippen LogP contribution in [-0.4, -0.2) is 80.9 Å². The Balaban J connectivity index is 1.42. The van der Waals surface area contributed by atoms with E-state index in [0.717, 1.165) is 64.3 Å². The highest BCUT2D eigenvalue weighted by Crippen LogP contribution is 2.39. The quantitative estimate of drug-likeness (QED) is 0.189. The van der Waals surface area contributed by atoms with Crippen LogP contribution in [-0.2, 0) is 36.0 Å². The van der Waals surface area contributed by atoms with Crippen molar-refractivity contribution >= 4 is 29.5 Å². The zero-order chi connectivity index (χ0) is 28.9. The van der Waals surface area contributed by atoms with Crippen LogP contribution >= 0.6 is 0 Å². The minimum absolute atomic E-state index is 0.0418. The molecule has 0 aliphatic heterocycles. The fourth-order valence-corrected chi connectivity index (χ4v) is 4.81. The van der Waals surface area contributed by atoms with Crippen molar-refractivity contribution in [2.24, 2.45) is 7.05 Å². The fourth-order valence-electron chi connectivity index (χ4n) is 4.81. The summed E-state index contributed by atoms with van der Waals surface area (Å²) in [6, 6.07) is 9.99. The summed E-state index contributed by atoms with van der Waals surface area (Å²) in [6.45, 7) is 1.60. The number of carbonyl (C=O) groups excluding carboxylic acids is 1. The number of aromatic nitrogens is 6. The van der Waals surface area contributed by atoms with Gasteiger partial charge in [-0.05, 0) is 24.0 Å². The maximum atomic E-state index is 12.0. The number of allylic oxidation sites excluding steroid dienone is 1. The number of nitrogens with two attached hydrogens (primary N) is 1. The van der Waals surface area contributed by atoms with Crippen molar-refractivity contribution < 1.29 is 14.8 Å². The van der Waals surface area contributed by atoms with Gasteiger partial charge < -0.3 is 25.7 Å². The van der Waals surface area contributed by atoms with Crippen LogP contribution in [0, 0.1) is 5.41 Å². The van der Waals surface area contributed by atoms with E-state index >= 15 is 0 Å². The van der Waals surface area contributed by atoms with Gasteiger partial charge >= 0.3 is 0 Å². The van der Waals surface area contributed by atoms with E-state index in [1.54, 1.807) is 38.2 Å². The highest BCUT2D eigenvalue weighted by molar-refractivity contribution is 6.07. The minimum Gasteiger partial charge on any atom is -0.379 e. The third-order valence-electron chi connectivity index (χ3n) is 6.96. The normalized spacial score (nSPS) is 12.5. The van der Waals surface area contributed by atoms with Gasteiger partial charge in [0, 0.05) is 64.1 Å². The lowest BCUT2D eigenvalue weighted by atomic mass is 9.91. The molecule has 0 bridgehead atoms. The molecule has 12 nitrogen and oxygen atoms in total. The predicted octanol–water partition coefficient (Wildman–Crippen LogP) is 1.87. The molecular formula is C29H35N10O2+. The van der Waals surface area contributed by atoms with E-state index in [1.165, 1.54) is 11.1 Å². The van der Waals surface area contributed by atoms with Crippen molar-refractivity contribution in [2.75, 3.05) is 39.7 Å². The van der Waals surface area contributed by atoms with Gasteiger partial charge in [0.2, 0.25) is 11.9 Å². The van der Waals surface area contributed by atoms with Gasteiger partial charge in [-0.3, -0.25) is 14.2 Å². The molecule has 0 saturated heterocycles. The number of hydrogen-bond acceptors (Lipinski definition) is 8. The molecule has 4 N–H and O–H groups in total. The summed E-state index contributed by atoms with van der Waals surface area (Å²) >= 11 is 0. The topological polar surface area (TPSA) is 143 Å². The zero-order valence-corrected chi connectivity index (χ0v) is 23.8. The number of methoxy groups -OCH3 is 1. The van der Waals surface area contributed by atoms with E-state index in [2.05, 4.69) is 27.5 Å². The standard InChI is InChI=1S/C29H34N10O2/c1-37(2)25(40)18-39-13-11-24(36-39)33-29-32-17-21-9-10-23-26(27(21)34-29)28(38(3)35-23)20-7-5-19(6-8-20)22(15-30)16-31-12-14-41-4/h5-8,11,13,15-17,30-31H,9-10,12,14,18H2,1-4H3,(H,32,33,34,36)/p+1. The van der Waals surface area contributed by atoms with Gasteiger partial charge in [-0.25, -0.2) is 9.97 Å². The summed E-state index contributed by atoms with van der Waals surface area (Å²) in [5, 5.41) is 22.3. The second kappa shape index (κ2) is 12.2. The summed E-state index contributed by atoms with van der Waals surface area (Å²) in [7, 11) is 7.07. The number of fused-ring (bicyclic) bond motifs is 3. The van der Waals surface area contributed by atoms with Gasteiger partial charge in [-0.15, -0.1) is 0 Å². The largest absolute Gasteiger partial charge is 0.379 e. The van der Waals surface area contributed by atoms with Crippen LogP contribution in [0.15, 0.2) is 48.9 Å². The maximum Gasteiger partial charge on any atom is 0.243 e. The van der Waals surface area contributed by atoms with E-state index in [4.69, 9.17) is 20.2 Å². The van der Waals surface area contributed by atoms with Crippen molar-refractivity contribution in [3.05, 3.63) is 65.7 Å². The Bertz CT molecular complexity index is 1580. The smallest absolute Gasteiger partial charge is 0.243 e. The molecular weight excluding hydrogens is 520 g/mol. The lowest BCUT2D eigenvalue weighted by Crippen LogP contribution is -2.79.